The molecule has 0 amide bonds. The molecule has 0 saturated carbocycles. The van der Waals surface area contributed by atoms with Crippen LogP contribution in [0.25, 0.3) is 0 Å². The zero-order valence-corrected chi connectivity index (χ0v) is 9.80. The molecule has 1 aromatic heterocycles. The molecule has 1 heterocycles. The lowest BCUT2D eigenvalue weighted by Gasteiger charge is -1.97. The van der Waals surface area contributed by atoms with Crippen molar-refractivity contribution in [1.82, 2.24) is 4.98 Å². The van der Waals surface area contributed by atoms with Crippen molar-refractivity contribution < 1.29 is 0 Å². The summed E-state index contributed by atoms with van der Waals surface area (Å²) in [5, 5.41) is 0. The number of halogens is 2. The van der Waals surface area contributed by atoms with Gasteiger partial charge in [-0.2, -0.15) is 0 Å². The van der Waals surface area contributed by atoms with Gasteiger partial charge in [-0.05, 0) is 50.9 Å². The lowest BCUT2D eigenvalue weighted by molar-refractivity contribution is 0.939. The second kappa shape index (κ2) is 5.09. The van der Waals surface area contributed by atoms with Crippen LogP contribution in [0.1, 0.15) is 12.0 Å². The highest BCUT2D eigenvalue weighted by Crippen LogP contribution is 2.10. The van der Waals surface area contributed by atoms with Crippen LogP contribution in [0.15, 0.2) is 22.9 Å². The summed E-state index contributed by atoms with van der Waals surface area (Å²) in [4.78, 5) is 4.06. The molecule has 0 fully saturated rings. The maximum absolute atomic E-state index is 4.06. The second-order valence-electron chi connectivity index (χ2n) is 2.28. The monoisotopic (exact) mass is 325 g/mol. The topological polar surface area (TPSA) is 12.9 Å². The number of hydrogen-bond acceptors (Lipinski definition) is 1. The average molecular weight is 326 g/mol. The lowest BCUT2D eigenvalue weighted by atomic mass is 10.2. The predicted molar refractivity (Wildman–Crippen MR) is 59.1 cm³/mol. The number of hydrogen-bond donors (Lipinski definition) is 0. The van der Waals surface area contributed by atoms with Gasteiger partial charge in [0, 0.05) is 6.20 Å². The first-order valence-corrected chi connectivity index (χ1v) is 5.81. The molecule has 0 unspecified atom stereocenters. The van der Waals surface area contributed by atoms with E-state index in [1.165, 1.54) is 16.4 Å². The van der Waals surface area contributed by atoms with Crippen LogP contribution < -0.4 is 0 Å². The molecule has 0 atom stereocenters. The van der Waals surface area contributed by atoms with Gasteiger partial charge in [0.25, 0.3) is 0 Å². The minimum Gasteiger partial charge on any atom is -0.249 e. The van der Waals surface area contributed by atoms with Crippen molar-refractivity contribution in [1.29, 1.82) is 0 Å². The highest BCUT2D eigenvalue weighted by atomic mass is 127. The summed E-state index contributed by atoms with van der Waals surface area (Å²) in [7, 11) is 0. The normalized spacial score (nSPS) is 10.0. The van der Waals surface area contributed by atoms with E-state index in [0.29, 0.717) is 0 Å². The summed E-state index contributed by atoms with van der Waals surface area (Å²) in [6, 6.07) is 4.14. The predicted octanol–water partition coefficient (Wildman–Crippen LogP) is 3.21. The number of aryl methyl sites for hydroxylation is 1. The van der Waals surface area contributed by atoms with Gasteiger partial charge in [-0.25, -0.2) is 4.98 Å². The number of rotatable bonds is 3. The van der Waals surface area contributed by atoms with Crippen LogP contribution in [0.5, 0.6) is 0 Å². The van der Waals surface area contributed by atoms with Crippen LogP contribution in [0.3, 0.4) is 0 Å². The summed E-state index contributed by atoms with van der Waals surface area (Å²) >= 11 is 5.74. The summed E-state index contributed by atoms with van der Waals surface area (Å²) < 4.78 is 2.15. The van der Waals surface area contributed by atoms with E-state index < -0.39 is 0 Å². The Labute approximate surface area is 88.9 Å². The Bertz CT molecular complexity index is 227. The van der Waals surface area contributed by atoms with E-state index in [4.69, 9.17) is 0 Å². The van der Waals surface area contributed by atoms with Crippen molar-refractivity contribution in [2.75, 3.05) is 4.43 Å². The number of nitrogens with zero attached hydrogens (tertiary/aromatic N) is 1. The fraction of sp³-hybridized carbons (Fsp3) is 0.375. The third kappa shape index (κ3) is 3.51. The van der Waals surface area contributed by atoms with Crippen LogP contribution in [0.4, 0.5) is 0 Å². The smallest absolute Gasteiger partial charge is 0.106 e. The maximum Gasteiger partial charge on any atom is 0.106 e. The molecule has 0 saturated heterocycles. The molecule has 60 valence electrons. The van der Waals surface area contributed by atoms with Gasteiger partial charge in [-0.1, -0.05) is 22.6 Å². The van der Waals surface area contributed by atoms with E-state index in [1.807, 2.05) is 6.20 Å². The zero-order valence-electron chi connectivity index (χ0n) is 6.06. The zero-order chi connectivity index (χ0) is 8.10. The first-order chi connectivity index (χ1) is 5.33. The van der Waals surface area contributed by atoms with Crippen LogP contribution in [-0.2, 0) is 6.42 Å². The van der Waals surface area contributed by atoms with Crippen LogP contribution in [0, 0.1) is 0 Å². The largest absolute Gasteiger partial charge is 0.249 e. The van der Waals surface area contributed by atoms with E-state index >= 15 is 0 Å². The molecule has 0 N–H and O–H groups in total. The molecule has 0 aliphatic heterocycles. The Balaban J connectivity index is 2.56. The average Bonchev–Trinajstić information content (AvgIpc) is 2.01. The summed E-state index contributed by atoms with van der Waals surface area (Å²) in [5.41, 5.74) is 1.36. The number of aromatic nitrogens is 1. The Kier molecular flexibility index (Phi) is 4.37. The van der Waals surface area contributed by atoms with Crippen LogP contribution in [-0.4, -0.2) is 9.41 Å². The molecule has 1 rings (SSSR count). The van der Waals surface area contributed by atoms with Gasteiger partial charge in [0.15, 0.2) is 0 Å². The van der Waals surface area contributed by atoms with E-state index in [-0.39, 0.29) is 0 Å². The van der Waals surface area contributed by atoms with E-state index in [9.17, 15) is 0 Å². The van der Waals surface area contributed by atoms with Gasteiger partial charge < -0.3 is 0 Å². The Morgan fingerprint density at radius 1 is 1.55 bits per heavy atom. The van der Waals surface area contributed by atoms with Crippen molar-refractivity contribution in [3.63, 3.8) is 0 Å². The molecular weight excluding hydrogens is 317 g/mol. The van der Waals surface area contributed by atoms with E-state index in [1.54, 1.807) is 0 Å². The van der Waals surface area contributed by atoms with Gasteiger partial charge in [0.2, 0.25) is 0 Å². The van der Waals surface area contributed by atoms with Gasteiger partial charge >= 0.3 is 0 Å². The van der Waals surface area contributed by atoms with E-state index in [2.05, 4.69) is 55.6 Å². The summed E-state index contributed by atoms with van der Waals surface area (Å²) in [6.07, 6.45) is 4.24. The van der Waals surface area contributed by atoms with Crippen molar-refractivity contribution >= 4 is 38.5 Å². The van der Waals surface area contributed by atoms with Crippen molar-refractivity contribution in [3.8, 4) is 0 Å². The molecule has 0 radical (unpaired) electrons. The molecule has 1 nitrogen and oxygen atoms in total. The highest BCUT2D eigenvalue weighted by Gasteiger charge is 1.93. The first-order valence-electron chi connectivity index (χ1n) is 3.49. The Morgan fingerprint density at radius 3 is 3.00 bits per heavy atom. The minimum absolute atomic E-state index is 0.934. The van der Waals surface area contributed by atoms with Gasteiger partial charge in [-0.3, -0.25) is 0 Å². The molecule has 0 spiro atoms. The van der Waals surface area contributed by atoms with Crippen LogP contribution in [0.2, 0.25) is 0 Å². The molecular formula is C8H9BrIN. The van der Waals surface area contributed by atoms with Crippen molar-refractivity contribution in [2.45, 2.75) is 12.8 Å². The highest BCUT2D eigenvalue weighted by molar-refractivity contribution is 14.1. The molecule has 3 heteroatoms. The summed E-state index contributed by atoms with van der Waals surface area (Å²) in [6.45, 7) is 0. The second-order valence-corrected chi connectivity index (χ2v) is 4.17. The molecule has 0 bridgehead atoms. The third-order valence-corrected chi connectivity index (χ3v) is 2.59. The van der Waals surface area contributed by atoms with E-state index in [0.717, 1.165) is 11.0 Å². The summed E-state index contributed by atoms with van der Waals surface area (Å²) in [5.74, 6) is 0. The maximum atomic E-state index is 4.06. The minimum atomic E-state index is 0.934. The standard InChI is InChI=1S/C8H9BrIN/c9-8-6-7(2-1-4-10)3-5-11-8/h3,5-6H,1-2,4H2. The first kappa shape index (κ1) is 9.45. The Hall–Kier alpha value is 0.360. The Morgan fingerprint density at radius 2 is 2.36 bits per heavy atom. The third-order valence-electron chi connectivity index (χ3n) is 1.39. The van der Waals surface area contributed by atoms with Crippen LogP contribution >= 0.6 is 38.5 Å². The van der Waals surface area contributed by atoms with Crippen molar-refractivity contribution in [2.24, 2.45) is 0 Å². The van der Waals surface area contributed by atoms with Gasteiger partial charge in [-0.15, -0.1) is 0 Å². The lowest BCUT2D eigenvalue weighted by Crippen LogP contribution is -1.86. The molecule has 0 aliphatic rings. The van der Waals surface area contributed by atoms with Gasteiger partial charge in [0.1, 0.15) is 4.60 Å². The molecule has 11 heavy (non-hydrogen) atoms. The quantitative estimate of drug-likeness (QED) is 0.472. The fourth-order valence-corrected chi connectivity index (χ4v) is 1.66. The fourth-order valence-electron chi connectivity index (χ4n) is 0.869. The molecule has 0 aliphatic carbocycles. The van der Waals surface area contributed by atoms with Crippen molar-refractivity contribution in [3.05, 3.63) is 28.5 Å². The molecule has 1 aromatic rings. The number of alkyl halides is 1. The molecule has 0 aromatic carbocycles. The number of pyridine rings is 1. The SMILES string of the molecule is Brc1cc(CCCI)ccn1. The van der Waals surface area contributed by atoms with Gasteiger partial charge in [0.05, 0.1) is 0 Å².